The van der Waals surface area contributed by atoms with E-state index < -0.39 is 23.8 Å². The first-order valence-electron chi connectivity index (χ1n) is 7.93. The Hall–Kier alpha value is -2.90. The van der Waals surface area contributed by atoms with Gasteiger partial charge in [-0.1, -0.05) is 13.8 Å². The summed E-state index contributed by atoms with van der Waals surface area (Å²) in [5, 5.41) is 12.9. The number of amides is 3. The van der Waals surface area contributed by atoms with Crippen molar-refractivity contribution in [1.82, 2.24) is 0 Å². The van der Waals surface area contributed by atoms with Crippen LogP contribution in [-0.4, -0.2) is 29.5 Å². The first-order chi connectivity index (χ1) is 11.6. The lowest BCUT2D eigenvalue weighted by Crippen LogP contribution is -2.36. The van der Waals surface area contributed by atoms with E-state index in [-0.39, 0.29) is 29.3 Å². The van der Waals surface area contributed by atoms with Gasteiger partial charge in [0.1, 0.15) is 6.04 Å². The molecular weight excluding hydrogens is 322 g/mol. The minimum Gasteiger partial charge on any atom is -0.374 e. The van der Waals surface area contributed by atoms with Crippen LogP contribution in [0.2, 0.25) is 0 Å². The molecular formula is C17H25N5O3. The van der Waals surface area contributed by atoms with E-state index in [1.54, 1.807) is 6.07 Å². The Bertz CT molecular complexity index is 685. The third-order valence-electron chi connectivity index (χ3n) is 3.38. The standard InChI is InChI=1S/C17H25N5O3/c1-9(2)6-14(17(20)25)21-11-4-5-12(16(19)24)13(8-11)22-15(23)7-10(3)18/h4-5,8-9,14,18,21H,6-7H2,1-3H3,(H2,19,24)(H2,20,25)(H,22,23). The highest BCUT2D eigenvalue weighted by atomic mass is 16.2. The van der Waals surface area contributed by atoms with Crippen LogP contribution in [0, 0.1) is 11.3 Å². The molecule has 0 bridgehead atoms. The molecule has 0 saturated carbocycles. The fourth-order valence-electron chi connectivity index (χ4n) is 2.31. The van der Waals surface area contributed by atoms with E-state index >= 15 is 0 Å². The summed E-state index contributed by atoms with van der Waals surface area (Å²) in [4.78, 5) is 35.0. The maximum atomic E-state index is 11.9. The predicted octanol–water partition coefficient (Wildman–Crippen LogP) is 1.47. The minimum absolute atomic E-state index is 0.0902. The summed E-state index contributed by atoms with van der Waals surface area (Å²) in [5.74, 6) is -1.36. The summed E-state index contributed by atoms with van der Waals surface area (Å²) in [6.45, 7) is 5.45. The highest BCUT2D eigenvalue weighted by Gasteiger charge is 2.18. The Balaban J connectivity index is 3.08. The summed E-state index contributed by atoms with van der Waals surface area (Å²) in [7, 11) is 0. The number of benzene rings is 1. The van der Waals surface area contributed by atoms with Gasteiger partial charge in [0.15, 0.2) is 0 Å². The van der Waals surface area contributed by atoms with E-state index in [4.69, 9.17) is 16.9 Å². The van der Waals surface area contributed by atoms with E-state index in [2.05, 4.69) is 10.6 Å². The van der Waals surface area contributed by atoms with E-state index in [9.17, 15) is 14.4 Å². The van der Waals surface area contributed by atoms with Crippen LogP contribution in [0.15, 0.2) is 18.2 Å². The lowest BCUT2D eigenvalue weighted by molar-refractivity contribution is -0.119. The molecule has 0 fully saturated rings. The molecule has 0 spiro atoms. The largest absolute Gasteiger partial charge is 0.374 e. The topological polar surface area (TPSA) is 151 Å². The van der Waals surface area contributed by atoms with Crippen molar-refractivity contribution in [2.45, 2.75) is 39.7 Å². The van der Waals surface area contributed by atoms with Gasteiger partial charge in [-0.15, -0.1) is 0 Å². The third-order valence-corrected chi connectivity index (χ3v) is 3.38. The number of carbonyl (C=O) groups is 3. The number of nitrogens with two attached hydrogens (primary N) is 2. The third kappa shape index (κ3) is 6.62. The molecule has 136 valence electrons. The van der Waals surface area contributed by atoms with Crippen LogP contribution in [0.4, 0.5) is 11.4 Å². The van der Waals surface area contributed by atoms with Crippen LogP contribution in [0.5, 0.6) is 0 Å². The van der Waals surface area contributed by atoms with E-state index in [0.717, 1.165) is 0 Å². The van der Waals surface area contributed by atoms with Crippen molar-refractivity contribution in [1.29, 1.82) is 5.41 Å². The normalized spacial score (nSPS) is 11.7. The van der Waals surface area contributed by atoms with Gasteiger partial charge in [0.2, 0.25) is 11.8 Å². The molecule has 8 heteroatoms. The molecule has 0 aromatic heterocycles. The van der Waals surface area contributed by atoms with Crippen molar-refractivity contribution in [3.05, 3.63) is 23.8 Å². The predicted molar refractivity (Wildman–Crippen MR) is 97.7 cm³/mol. The highest BCUT2D eigenvalue weighted by Crippen LogP contribution is 2.23. The molecule has 1 atom stereocenters. The zero-order valence-electron chi connectivity index (χ0n) is 14.7. The minimum atomic E-state index is -0.693. The zero-order valence-corrected chi connectivity index (χ0v) is 14.7. The number of carbonyl (C=O) groups excluding carboxylic acids is 3. The summed E-state index contributed by atoms with van der Waals surface area (Å²) in [6.07, 6.45) is 0.453. The smallest absolute Gasteiger partial charge is 0.250 e. The molecule has 0 saturated heterocycles. The van der Waals surface area contributed by atoms with Gasteiger partial charge in [-0.3, -0.25) is 14.4 Å². The van der Waals surface area contributed by atoms with Crippen LogP contribution in [0.3, 0.4) is 0 Å². The van der Waals surface area contributed by atoms with Gasteiger partial charge in [0.25, 0.3) is 5.91 Å². The zero-order chi connectivity index (χ0) is 19.1. The molecule has 1 aromatic rings. The van der Waals surface area contributed by atoms with E-state index in [1.807, 2.05) is 13.8 Å². The second-order valence-electron chi connectivity index (χ2n) is 6.36. The number of nitrogens with one attached hydrogen (secondary N) is 3. The Morgan fingerprint density at radius 2 is 1.84 bits per heavy atom. The quantitative estimate of drug-likeness (QED) is 0.429. The van der Waals surface area contributed by atoms with Crippen LogP contribution >= 0.6 is 0 Å². The van der Waals surface area contributed by atoms with Crippen molar-refractivity contribution in [2.24, 2.45) is 17.4 Å². The number of hydrogen-bond donors (Lipinski definition) is 5. The number of rotatable bonds is 9. The maximum absolute atomic E-state index is 11.9. The SMILES string of the molecule is CC(=N)CC(=O)Nc1cc(NC(CC(C)C)C(N)=O)ccc1C(N)=O. The van der Waals surface area contributed by atoms with Gasteiger partial charge < -0.3 is 27.5 Å². The lowest BCUT2D eigenvalue weighted by Gasteiger charge is -2.20. The first kappa shape index (κ1) is 20.1. The molecule has 25 heavy (non-hydrogen) atoms. The molecule has 3 amide bonds. The first-order valence-corrected chi connectivity index (χ1v) is 7.93. The molecule has 1 aromatic carbocycles. The second kappa shape index (κ2) is 8.81. The maximum Gasteiger partial charge on any atom is 0.250 e. The second-order valence-corrected chi connectivity index (χ2v) is 6.36. The van der Waals surface area contributed by atoms with Crippen molar-refractivity contribution in [3.8, 4) is 0 Å². The average Bonchev–Trinajstić information content (AvgIpc) is 2.44. The van der Waals surface area contributed by atoms with Crippen molar-refractivity contribution >= 4 is 34.8 Å². The molecule has 0 aliphatic rings. The number of hydrogen-bond acceptors (Lipinski definition) is 5. The molecule has 0 radical (unpaired) electrons. The van der Waals surface area contributed by atoms with Crippen LogP contribution in [0.1, 0.15) is 44.0 Å². The number of anilines is 2. The van der Waals surface area contributed by atoms with Crippen molar-refractivity contribution in [3.63, 3.8) is 0 Å². The van der Waals surface area contributed by atoms with Gasteiger partial charge in [-0.25, -0.2) is 0 Å². The van der Waals surface area contributed by atoms with Gasteiger partial charge in [-0.2, -0.15) is 0 Å². The monoisotopic (exact) mass is 347 g/mol. The van der Waals surface area contributed by atoms with Gasteiger partial charge >= 0.3 is 0 Å². The Kier molecular flexibility index (Phi) is 7.10. The van der Waals surface area contributed by atoms with Crippen LogP contribution in [-0.2, 0) is 9.59 Å². The van der Waals surface area contributed by atoms with Crippen LogP contribution in [0.25, 0.3) is 0 Å². The Morgan fingerprint density at radius 1 is 1.20 bits per heavy atom. The fourth-order valence-corrected chi connectivity index (χ4v) is 2.31. The fraction of sp³-hybridized carbons (Fsp3) is 0.412. The molecule has 1 unspecified atom stereocenters. The van der Waals surface area contributed by atoms with Gasteiger partial charge in [-0.05, 0) is 37.5 Å². The molecule has 8 nitrogen and oxygen atoms in total. The Morgan fingerprint density at radius 3 is 2.32 bits per heavy atom. The lowest BCUT2D eigenvalue weighted by atomic mass is 10.0. The van der Waals surface area contributed by atoms with Crippen molar-refractivity contribution in [2.75, 3.05) is 10.6 Å². The van der Waals surface area contributed by atoms with Crippen LogP contribution < -0.4 is 22.1 Å². The molecule has 0 aliphatic carbocycles. The van der Waals surface area contributed by atoms with E-state index in [1.165, 1.54) is 19.1 Å². The molecule has 0 heterocycles. The average molecular weight is 347 g/mol. The molecule has 1 rings (SSSR count). The number of primary amides is 2. The molecule has 0 aliphatic heterocycles. The summed E-state index contributed by atoms with van der Waals surface area (Å²) in [5.41, 5.74) is 11.8. The van der Waals surface area contributed by atoms with Gasteiger partial charge in [0.05, 0.1) is 17.7 Å². The summed E-state index contributed by atoms with van der Waals surface area (Å²) >= 11 is 0. The summed E-state index contributed by atoms with van der Waals surface area (Å²) in [6, 6.07) is 4.00. The highest BCUT2D eigenvalue weighted by molar-refractivity contribution is 6.08. The molecule has 7 N–H and O–H groups in total. The van der Waals surface area contributed by atoms with E-state index in [0.29, 0.717) is 12.1 Å². The van der Waals surface area contributed by atoms with Crippen molar-refractivity contribution < 1.29 is 14.4 Å². The summed E-state index contributed by atoms with van der Waals surface area (Å²) < 4.78 is 0. The Labute approximate surface area is 146 Å². The van der Waals surface area contributed by atoms with Gasteiger partial charge in [0, 0.05) is 11.4 Å².